The summed E-state index contributed by atoms with van der Waals surface area (Å²) in [5, 5.41) is 33.1. The van der Waals surface area contributed by atoms with Crippen LogP contribution >= 0.6 is 0 Å². The summed E-state index contributed by atoms with van der Waals surface area (Å²) in [5.41, 5.74) is 0. The van der Waals surface area contributed by atoms with Gasteiger partial charge < -0.3 is 20.6 Å². The van der Waals surface area contributed by atoms with Gasteiger partial charge in [0.15, 0.2) is 0 Å². The number of carbonyl (C=O) groups is 1. The number of hydrogen-bond donors (Lipinski definition) is 4. The molecule has 0 saturated heterocycles. The smallest absolute Gasteiger partial charge is 0.219 e. The summed E-state index contributed by atoms with van der Waals surface area (Å²) in [6.45, 7) is 2.13. The Morgan fingerprint density at radius 2 is 1.96 bits per heavy atom. The average molecular weight is 368 g/mol. The zero-order valence-electron chi connectivity index (χ0n) is 16.3. The van der Waals surface area contributed by atoms with Crippen molar-refractivity contribution in [2.24, 2.45) is 11.8 Å². The maximum Gasteiger partial charge on any atom is 0.219 e. The molecule has 0 bridgehead atoms. The van der Waals surface area contributed by atoms with Crippen LogP contribution in [0.25, 0.3) is 0 Å². The number of aliphatic hydroxyl groups is 3. The highest BCUT2D eigenvalue weighted by atomic mass is 16.3. The van der Waals surface area contributed by atoms with Crippen molar-refractivity contribution < 1.29 is 20.1 Å². The lowest BCUT2D eigenvalue weighted by Crippen LogP contribution is -2.20. The van der Waals surface area contributed by atoms with Crippen molar-refractivity contribution in [1.82, 2.24) is 5.32 Å². The maximum absolute atomic E-state index is 11.2. The van der Waals surface area contributed by atoms with Gasteiger partial charge >= 0.3 is 0 Å². The van der Waals surface area contributed by atoms with E-state index in [1.807, 2.05) is 18.2 Å². The molecule has 0 spiro atoms. The molecular formula is C21H37NO4. The lowest BCUT2D eigenvalue weighted by molar-refractivity contribution is -0.120. The minimum absolute atomic E-state index is 0.0284. The van der Waals surface area contributed by atoms with Crippen molar-refractivity contribution in [2.75, 3.05) is 7.05 Å². The van der Waals surface area contributed by atoms with Gasteiger partial charge in [-0.15, -0.1) is 0 Å². The molecule has 5 atom stereocenters. The Balaban J connectivity index is 2.44. The molecule has 26 heavy (non-hydrogen) atoms. The fraction of sp³-hybridized carbons (Fsp3) is 0.762. The van der Waals surface area contributed by atoms with Crippen LogP contribution in [0.2, 0.25) is 0 Å². The lowest BCUT2D eigenvalue weighted by Gasteiger charge is -2.19. The molecule has 1 aliphatic rings. The van der Waals surface area contributed by atoms with E-state index in [-0.39, 0.29) is 17.7 Å². The first kappa shape index (κ1) is 22.9. The van der Waals surface area contributed by atoms with E-state index >= 15 is 0 Å². The number of allylic oxidation sites excluding steroid dienone is 2. The van der Waals surface area contributed by atoms with Crippen molar-refractivity contribution in [1.29, 1.82) is 0 Å². The Bertz CT molecular complexity index is 449. The van der Waals surface area contributed by atoms with Crippen LogP contribution in [0.15, 0.2) is 24.3 Å². The third-order valence-corrected chi connectivity index (χ3v) is 5.20. The van der Waals surface area contributed by atoms with Crippen LogP contribution in [0.5, 0.6) is 0 Å². The molecule has 1 fully saturated rings. The van der Waals surface area contributed by atoms with Gasteiger partial charge in [-0.3, -0.25) is 4.79 Å². The van der Waals surface area contributed by atoms with E-state index in [0.717, 1.165) is 38.5 Å². The van der Waals surface area contributed by atoms with Crippen LogP contribution < -0.4 is 5.32 Å². The monoisotopic (exact) mass is 367 g/mol. The third kappa shape index (κ3) is 8.47. The van der Waals surface area contributed by atoms with Crippen molar-refractivity contribution in [3.63, 3.8) is 0 Å². The molecule has 1 saturated carbocycles. The van der Waals surface area contributed by atoms with Crippen molar-refractivity contribution in [3.05, 3.63) is 24.3 Å². The van der Waals surface area contributed by atoms with E-state index in [0.29, 0.717) is 19.3 Å². The minimum Gasteiger partial charge on any atom is -0.393 e. The third-order valence-electron chi connectivity index (χ3n) is 5.20. The molecule has 0 aromatic rings. The molecule has 1 amide bonds. The summed E-state index contributed by atoms with van der Waals surface area (Å²) in [5.74, 6) is -0.101. The fourth-order valence-electron chi connectivity index (χ4n) is 3.54. The molecule has 0 aromatic heterocycles. The molecule has 0 radical (unpaired) electrons. The molecule has 1 rings (SSSR count). The summed E-state index contributed by atoms with van der Waals surface area (Å²) < 4.78 is 0. The predicted molar refractivity (Wildman–Crippen MR) is 105 cm³/mol. The summed E-state index contributed by atoms with van der Waals surface area (Å²) >= 11 is 0. The second kappa shape index (κ2) is 13.1. The maximum atomic E-state index is 11.2. The van der Waals surface area contributed by atoms with E-state index in [1.54, 1.807) is 13.1 Å². The van der Waals surface area contributed by atoms with Gasteiger partial charge in [0.1, 0.15) is 0 Å². The highest BCUT2D eigenvalue weighted by Gasteiger charge is 2.39. The molecule has 5 nitrogen and oxygen atoms in total. The fourth-order valence-corrected chi connectivity index (χ4v) is 3.54. The van der Waals surface area contributed by atoms with E-state index in [2.05, 4.69) is 12.2 Å². The van der Waals surface area contributed by atoms with Crippen molar-refractivity contribution in [3.8, 4) is 0 Å². The predicted octanol–water partition coefficient (Wildman–Crippen LogP) is 2.70. The lowest BCUT2D eigenvalue weighted by atomic mass is 9.89. The van der Waals surface area contributed by atoms with Gasteiger partial charge in [-0.2, -0.15) is 0 Å². The number of aliphatic hydroxyl groups excluding tert-OH is 3. The van der Waals surface area contributed by atoms with Crippen LogP contribution in [0.4, 0.5) is 0 Å². The largest absolute Gasteiger partial charge is 0.393 e. The van der Waals surface area contributed by atoms with Gasteiger partial charge in [0.25, 0.3) is 0 Å². The quantitative estimate of drug-likeness (QED) is 0.315. The first-order valence-corrected chi connectivity index (χ1v) is 10.1. The Morgan fingerprint density at radius 3 is 2.65 bits per heavy atom. The van der Waals surface area contributed by atoms with E-state index in [9.17, 15) is 20.1 Å². The highest BCUT2D eigenvalue weighted by molar-refractivity contribution is 5.75. The Morgan fingerprint density at radius 1 is 1.19 bits per heavy atom. The molecule has 0 aromatic carbocycles. The Hall–Kier alpha value is -1.17. The minimum atomic E-state index is -0.559. The number of hydrogen-bond acceptors (Lipinski definition) is 4. The molecule has 0 aliphatic heterocycles. The molecule has 0 heterocycles. The van der Waals surface area contributed by atoms with Gasteiger partial charge in [-0.05, 0) is 31.6 Å². The first-order valence-electron chi connectivity index (χ1n) is 10.1. The van der Waals surface area contributed by atoms with Gasteiger partial charge in [0.05, 0.1) is 18.3 Å². The van der Waals surface area contributed by atoms with Crippen LogP contribution in [0, 0.1) is 11.8 Å². The van der Waals surface area contributed by atoms with Crippen LogP contribution in [-0.2, 0) is 4.79 Å². The Labute approximate surface area is 158 Å². The van der Waals surface area contributed by atoms with Crippen LogP contribution in [0.3, 0.4) is 0 Å². The van der Waals surface area contributed by atoms with Gasteiger partial charge in [0, 0.05) is 25.8 Å². The molecule has 1 aliphatic carbocycles. The molecule has 5 heteroatoms. The molecular weight excluding hydrogens is 330 g/mol. The van der Waals surface area contributed by atoms with Crippen molar-refractivity contribution >= 4 is 5.91 Å². The standard InChI is InChI=1S/C21H37NO4/c1-3-4-7-10-16(23)13-14-18-17(19(24)15-20(18)25)11-8-5-6-9-12-21(26)22-2/h5,8,13-14,16-20,23-25H,3-4,6-7,9-12,15H2,1-2H3,(H,22,26)/b8-5-,14-13+/t16-,17-,18-,19+,20-/m1/s1. The van der Waals surface area contributed by atoms with E-state index in [4.69, 9.17) is 0 Å². The van der Waals surface area contributed by atoms with Gasteiger partial charge in [-0.25, -0.2) is 0 Å². The topological polar surface area (TPSA) is 89.8 Å². The normalized spacial score (nSPS) is 27.4. The second-order valence-corrected chi connectivity index (χ2v) is 7.33. The summed E-state index contributed by atoms with van der Waals surface area (Å²) in [4.78, 5) is 11.2. The van der Waals surface area contributed by atoms with Crippen molar-refractivity contribution in [2.45, 2.75) is 83.0 Å². The molecule has 4 N–H and O–H groups in total. The van der Waals surface area contributed by atoms with Crippen LogP contribution in [-0.4, -0.2) is 46.6 Å². The Kier molecular flexibility index (Phi) is 11.5. The van der Waals surface area contributed by atoms with Gasteiger partial charge in [-0.1, -0.05) is 50.5 Å². The van der Waals surface area contributed by atoms with Crippen LogP contribution in [0.1, 0.15) is 64.7 Å². The zero-order valence-corrected chi connectivity index (χ0v) is 16.3. The van der Waals surface area contributed by atoms with Gasteiger partial charge in [0.2, 0.25) is 5.91 Å². The average Bonchev–Trinajstić information content (AvgIpc) is 2.89. The number of amides is 1. The first-order chi connectivity index (χ1) is 12.5. The number of nitrogens with one attached hydrogen (secondary N) is 1. The summed E-state index contributed by atoms with van der Waals surface area (Å²) in [6.07, 6.45) is 13.4. The number of unbranched alkanes of at least 4 members (excludes halogenated alkanes) is 3. The number of rotatable bonds is 12. The zero-order chi connectivity index (χ0) is 19.4. The second-order valence-electron chi connectivity index (χ2n) is 7.33. The van der Waals surface area contributed by atoms with E-state index < -0.39 is 18.3 Å². The van der Waals surface area contributed by atoms with E-state index in [1.165, 1.54) is 0 Å². The summed E-state index contributed by atoms with van der Waals surface area (Å²) in [6, 6.07) is 0. The molecule has 0 unspecified atom stereocenters. The molecule has 150 valence electrons. The summed E-state index contributed by atoms with van der Waals surface area (Å²) in [7, 11) is 1.64. The highest BCUT2D eigenvalue weighted by Crippen LogP contribution is 2.36. The SMILES string of the molecule is CCCCC[C@@H](O)/C=C/[C@@H]1[C@@H](C/C=C\CCCC(=O)NC)[C@@H](O)C[C@H]1O. The number of carbonyl (C=O) groups excluding carboxylic acids is 1.